The Hall–Kier alpha value is -2.84. The summed E-state index contributed by atoms with van der Waals surface area (Å²) in [5.74, 6) is -0.340. The standard InChI is InChI=1S/C14H18N4O5/c1-15-11-5-4-9(7-12(11)18(22)23)13(19)17-6-2-3-10(8-17)16-14(20)21/h4-5,7,10,15-16H,2-3,6,8H2,1H3,(H,20,21). The first-order valence-electron chi connectivity index (χ1n) is 7.17. The summed E-state index contributed by atoms with van der Waals surface area (Å²) in [5, 5.41) is 24.9. The van der Waals surface area contributed by atoms with E-state index in [9.17, 15) is 19.7 Å². The van der Waals surface area contributed by atoms with Crippen molar-refractivity contribution in [1.29, 1.82) is 0 Å². The maximum absolute atomic E-state index is 12.5. The van der Waals surface area contributed by atoms with Gasteiger partial charge in [-0.05, 0) is 25.0 Å². The van der Waals surface area contributed by atoms with Crippen LogP contribution in [0.2, 0.25) is 0 Å². The summed E-state index contributed by atoms with van der Waals surface area (Å²) >= 11 is 0. The number of carboxylic acid groups (broad SMARTS) is 1. The van der Waals surface area contributed by atoms with Crippen LogP contribution in [-0.2, 0) is 0 Å². The van der Waals surface area contributed by atoms with Gasteiger partial charge in [-0.1, -0.05) is 0 Å². The molecule has 0 aliphatic carbocycles. The number of likely N-dealkylation sites (tertiary alicyclic amines) is 1. The molecule has 1 aromatic carbocycles. The van der Waals surface area contributed by atoms with Crippen LogP contribution in [0.3, 0.4) is 0 Å². The predicted octanol–water partition coefficient (Wildman–Crippen LogP) is 1.51. The minimum absolute atomic E-state index is 0.171. The molecule has 1 unspecified atom stereocenters. The topological polar surface area (TPSA) is 125 Å². The third kappa shape index (κ3) is 3.87. The Labute approximate surface area is 132 Å². The first kappa shape index (κ1) is 16.5. The molecule has 9 nitrogen and oxygen atoms in total. The SMILES string of the molecule is CNc1ccc(C(=O)N2CCCC(NC(=O)O)C2)cc1[N+](=O)[O-]. The maximum Gasteiger partial charge on any atom is 0.404 e. The van der Waals surface area contributed by atoms with Gasteiger partial charge in [-0.2, -0.15) is 0 Å². The van der Waals surface area contributed by atoms with Crippen LogP contribution in [0.5, 0.6) is 0 Å². The Morgan fingerprint density at radius 3 is 2.78 bits per heavy atom. The molecule has 1 aromatic rings. The first-order valence-corrected chi connectivity index (χ1v) is 7.17. The van der Waals surface area contributed by atoms with E-state index >= 15 is 0 Å². The summed E-state index contributed by atoms with van der Waals surface area (Å²) in [6.45, 7) is 0.755. The van der Waals surface area contributed by atoms with E-state index in [-0.39, 0.29) is 29.7 Å². The van der Waals surface area contributed by atoms with E-state index < -0.39 is 11.0 Å². The Bertz CT molecular complexity index is 634. The molecule has 1 aliphatic rings. The zero-order valence-electron chi connectivity index (χ0n) is 12.6. The average molecular weight is 322 g/mol. The molecule has 0 aromatic heterocycles. The van der Waals surface area contributed by atoms with Crippen molar-refractivity contribution in [3.8, 4) is 0 Å². The second-order valence-corrected chi connectivity index (χ2v) is 5.28. The fourth-order valence-corrected chi connectivity index (χ4v) is 2.66. The fraction of sp³-hybridized carbons (Fsp3) is 0.429. The van der Waals surface area contributed by atoms with Crippen molar-refractivity contribution < 1.29 is 19.6 Å². The highest BCUT2D eigenvalue weighted by Crippen LogP contribution is 2.26. The molecule has 3 N–H and O–H groups in total. The smallest absolute Gasteiger partial charge is 0.404 e. The zero-order valence-corrected chi connectivity index (χ0v) is 12.6. The molecule has 0 saturated carbocycles. The number of nitro benzene ring substituents is 1. The van der Waals surface area contributed by atoms with Gasteiger partial charge in [0.25, 0.3) is 11.6 Å². The number of amides is 2. The van der Waals surface area contributed by atoms with Crippen molar-refractivity contribution in [3.05, 3.63) is 33.9 Å². The summed E-state index contributed by atoms with van der Waals surface area (Å²) in [7, 11) is 1.57. The van der Waals surface area contributed by atoms with E-state index in [0.29, 0.717) is 25.1 Å². The van der Waals surface area contributed by atoms with Gasteiger partial charge in [-0.15, -0.1) is 0 Å². The van der Waals surface area contributed by atoms with E-state index in [4.69, 9.17) is 5.11 Å². The molecule has 23 heavy (non-hydrogen) atoms. The predicted molar refractivity (Wildman–Crippen MR) is 82.7 cm³/mol. The second-order valence-electron chi connectivity index (χ2n) is 5.28. The lowest BCUT2D eigenvalue weighted by Crippen LogP contribution is -2.49. The minimum Gasteiger partial charge on any atom is -0.465 e. The van der Waals surface area contributed by atoms with Gasteiger partial charge in [0.1, 0.15) is 5.69 Å². The number of benzene rings is 1. The van der Waals surface area contributed by atoms with Gasteiger partial charge >= 0.3 is 6.09 Å². The number of nitro groups is 1. The fourth-order valence-electron chi connectivity index (χ4n) is 2.66. The number of hydrogen-bond acceptors (Lipinski definition) is 5. The van der Waals surface area contributed by atoms with Gasteiger partial charge in [-0.25, -0.2) is 4.79 Å². The van der Waals surface area contributed by atoms with Crippen LogP contribution >= 0.6 is 0 Å². The highest BCUT2D eigenvalue weighted by molar-refractivity contribution is 5.95. The Morgan fingerprint density at radius 1 is 1.43 bits per heavy atom. The van der Waals surface area contributed by atoms with Gasteiger partial charge in [0.05, 0.1) is 4.92 Å². The number of carbonyl (C=O) groups excluding carboxylic acids is 1. The molecule has 1 aliphatic heterocycles. The molecule has 2 rings (SSSR count). The summed E-state index contributed by atoms with van der Waals surface area (Å²) in [6, 6.07) is 3.93. The summed E-state index contributed by atoms with van der Waals surface area (Å²) in [4.78, 5) is 35.3. The average Bonchev–Trinajstić information content (AvgIpc) is 2.53. The zero-order chi connectivity index (χ0) is 17.0. The van der Waals surface area contributed by atoms with Crippen molar-refractivity contribution in [2.24, 2.45) is 0 Å². The molecular formula is C14H18N4O5. The molecule has 2 amide bonds. The molecule has 1 heterocycles. The van der Waals surface area contributed by atoms with Gasteiger partial charge in [0.15, 0.2) is 0 Å². The lowest BCUT2D eigenvalue weighted by molar-refractivity contribution is -0.384. The highest BCUT2D eigenvalue weighted by atomic mass is 16.6. The van der Waals surface area contributed by atoms with Crippen LogP contribution in [0, 0.1) is 10.1 Å². The number of hydrogen-bond donors (Lipinski definition) is 3. The van der Waals surface area contributed by atoms with Gasteiger partial charge in [0.2, 0.25) is 0 Å². The summed E-state index contributed by atoms with van der Waals surface area (Å²) < 4.78 is 0. The molecule has 1 atom stereocenters. The second kappa shape index (κ2) is 6.95. The van der Waals surface area contributed by atoms with E-state index in [2.05, 4.69) is 10.6 Å². The Balaban J connectivity index is 2.18. The molecule has 1 saturated heterocycles. The number of anilines is 1. The number of nitrogens with one attached hydrogen (secondary N) is 2. The summed E-state index contributed by atoms with van der Waals surface area (Å²) in [5.41, 5.74) is 0.373. The van der Waals surface area contributed by atoms with Crippen molar-refractivity contribution >= 4 is 23.4 Å². The number of carbonyl (C=O) groups is 2. The highest BCUT2D eigenvalue weighted by Gasteiger charge is 2.26. The van der Waals surface area contributed by atoms with Crippen LogP contribution in [0.4, 0.5) is 16.2 Å². The Kier molecular flexibility index (Phi) is 4.99. The third-order valence-electron chi connectivity index (χ3n) is 3.75. The largest absolute Gasteiger partial charge is 0.465 e. The van der Waals surface area contributed by atoms with Crippen molar-refractivity contribution in [2.45, 2.75) is 18.9 Å². The molecule has 0 radical (unpaired) electrons. The third-order valence-corrected chi connectivity index (χ3v) is 3.75. The van der Waals surface area contributed by atoms with Crippen molar-refractivity contribution in [1.82, 2.24) is 10.2 Å². The van der Waals surface area contributed by atoms with E-state index in [1.807, 2.05) is 0 Å². The van der Waals surface area contributed by atoms with Crippen LogP contribution in [0.1, 0.15) is 23.2 Å². The monoisotopic (exact) mass is 322 g/mol. The lowest BCUT2D eigenvalue weighted by atomic mass is 10.0. The number of piperidine rings is 1. The Morgan fingerprint density at radius 2 is 2.17 bits per heavy atom. The van der Waals surface area contributed by atoms with E-state index in [1.165, 1.54) is 23.1 Å². The van der Waals surface area contributed by atoms with E-state index in [0.717, 1.165) is 0 Å². The first-order chi connectivity index (χ1) is 10.9. The number of nitrogens with zero attached hydrogens (tertiary/aromatic N) is 2. The van der Waals surface area contributed by atoms with Gasteiger partial charge in [-0.3, -0.25) is 14.9 Å². The van der Waals surface area contributed by atoms with Crippen LogP contribution in [-0.4, -0.2) is 53.1 Å². The molecule has 0 bridgehead atoms. The van der Waals surface area contributed by atoms with Gasteiger partial charge < -0.3 is 20.6 Å². The van der Waals surface area contributed by atoms with Crippen LogP contribution < -0.4 is 10.6 Å². The molecule has 0 spiro atoms. The summed E-state index contributed by atoms with van der Waals surface area (Å²) in [6.07, 6.45) is 0.209. The molecule has 9 heteroatoms. The molecule has 1 fully saturated rings. The normalized spacial score (nSPS) is 17.4. The lowest BCUT2D eigenvalue weighted by Gasteiger charge is -2.32. The minimum atomic E-state index is -1.13. The van der Waals surface area contributed by atoms with Gasteiger partial charge in [0, 0.05) is 37.8 Å². The molecular weight excluding hydrogens is 304 g/mol. The van der Waals surface area contributed by atoms with Crippen LogP contribution in [0.25, 0.3) is 0 Å². The van der Waals surface area contributed by atoms with Crippen molar-refractivity contribution in [2.75, 3.05) is 25.5 Å². The van der Waals surface area contributed by atoms with Crippen molar-refractivity contribution in [3.63, 3.8) is 0 Å². The van der Waals surface area contributed by atoms with Crippen LogP contribution in [0.15, 0.2) is 18.2 Å². The molecule has 124 valence electrons. The maximum atomic E-state index is 12.5. The quantitative estimate of drug-likeness (QED) is 0.570. The number of rotatable bonds is 4. The van der Waals surface area contributed by atoms with E-state index in [1.54, 1.807) is 7.05 Å².